The summed E-state index contributed by atoms with van der Waals surface area (Å²) in [7, 11) is 0. The summed E-state index contributed by atoms with van der Waals surface area (Å²) in [4.78, 5) is 6.47. The van der Waals surface area contributed by atoms with Gasteiger partial charge in [-0.2, -0.15) is 0 Å². The van der Waals surface area contributed by atoms with Crippen molar-refractivity contribution in [3.8, 4) is 0 Å². The summed E-state index contributed by atoms with van der Waals surface area (Å²) >= 11 is 6.07. The van der Waals surface area contributed by atoms with Crippen LogP contribution in [0.5, 0.6) is 0 Å². The van der Waals surface area contributed by atoms with Crippen LogP contribution in [0.4, 0.5) is 0 Å². The zero-order valence-corrected chi connectivity index (χ0v) is 11.0. The van der Waals surface area contributed by atoms with Crippen LogP contribution in [-0.2, 0) is 11.3 Å². The minimum absolute atomic E-state index is 0.394. The molecule has 0 saturated carbocycles. The number of pyridine rings is 1. The van der Waals surface area contributed by atoms with E-state index in [1.807, 2.05) is 12.1 Å². The molecule has 0 aromatic carbocycles. The first-order valence-electron chi connectivity index (χ1n) is 6.23. The Kier molecular flexibility index (Phi) is 4.77. The van der Waals surface area contributed by atoms with Crippen LogP contribution >= 0.6 is 11.6 Å². The normalized spacial score (nSPS) is 20.1. The first-order valence-corrected chi connectivity index (χ1v) is 6.60. The third kappa shape index (κ3) is 3.66. The molecule has 1 aliphatic heterocycles. The molecule has 17 heavy (non-hydrogen) atoms. The maximum absolute atomic E-state index is 6.07. The lowest BCUT2D eigenvalue weighted by Gasteiger charge is -2.23. The average molecular weight is 255 g/mol. The van der Waals surface area contributed by atoms with Crippen LogP contribution in [0.25, 0.3) is 0 Å². The quantitative estimate of drug-likeness (QED) is 0.756. The number of aromatic nitrogens is 1. The summed E-state index contributed by atoms with van der Waals surface area (Å²) in [5.41, 5.74) is 1.09. The van der Waals surface area contributed by atoms with Crippen LogP contribution in [0.15, 0.2) is 18.3 Å². The van der Waals surface area contributed by atoms with E-state index in [4.69, 9.17) is 16.3 Å². The minimum atomic E-state index is 0.394. The lowest BCUT2D eigenvalue weighted by Crippen LogP contribution is -2.31. The second kappa shape index (κ2) is 6.34. The number of nitrogens with zero attached hydrogens (tertiary/aromatic N) is 2. The van der Waals surface area contributed by atoms with Gasteiger partial charge >= 0.3 is 0 Å². The molecule has 1 unspecified atom stereocenters. The maximum Gasteiger partial charge on any atom is 0.133 e. The third-order valence-electron chi connectivity index (χ3n) is 3.16. The van der Waals surface area contributed by atoms with E-state index in [1.165, 1.54) is 12.8 Å². The molecule has 0 aliphatic carbocycles. The van der Waals surface area contributed by atoms with Gasteiger partial charge in [-0.3, -0.25) is 4.90 Å². The van der Waals surface area contributed by atoms with E-state index in [1.54, 1.807) is 6.20 Å². The Bertz CT molecular complexity index is 353. The van der Waals surface area contributed by atoms with Crippen LogP contribution < -0.4 is 0 Å². The Morgan fingerprint density at radius 2 is 2.47 bits per heavy atom. The molecule has 0 amide bonds. The lowest BCUT2D eigenvalue weighted by atomic mass is 10.2. The van der Waals surface area contributed by atoms with Gasteiger partial charge in [0.2, 0.25) is 0 Å². The SMILES string of the molecule is CCN(Cc1cccnc1Cl)CC1CCCO1. The van der Waals surface area contributed by atoms with Crippen molar-refractivity contribution in [2.75, 3.05) is 19.7 Å². The molecule has 4 heteroatoms. The first-order chi connectivity index (χ1) is 8.29. The Morgan fingerprint density at radius 1 is 1.59 bits per heavy atom. The Labute approximate surface area is 108 Å². The molecule has 1 fully saturated rings. The van der Waals surface area contributed by atoms with Gasteiger partial charge in [0.1, 0.15) is 5.15 Å². The van der Waals surface area contributed by atoms with Crippen LogP contribution in [-0.4, -0.2) is 35.7 Å². The summed E-state index contributed by atoms with van der Waals surface area (Å²) in [6, 6.07) is 3.97. The van der Waals surface area contributed by atoms with Gasteiger partial charge in [0.05, 0.1) is 6.10 Å². The predicted octanol–water partition coefficient (Wildman–Crippen LogP) is 2.74. The molecule has 0 N–H and O–H groups in total. The molecular formula is C13H19ClN2O. The van der Waals surface area contributed by atoms with Crippen LogP contribution in [0.1, 0.15) is 25.3 Å². The fourth-order valence-corrected chi connectivity index (χ4v) is 2.34. The Hall–Kier alpha value is -0.640. The highest BCUT2D eigenvalue weighted by Gasteiger charge is 2.18. The highest BCUT2D eigenvalue weighted by atomic mass is 35.5. The average Bonchev–Trinajstić information content (AvgIpc) is 2.84. The molecule has 1 aromatic rings. The van der Waals surface area contributed by atoms with E-state index >= 15 is 0 Å². The van der Waals surface area contributed by atoms with Crippen molar-refractivity contribution < 1.29 is 4.74 Å². The van der Waals surface area contributed by atoms with E-state index in [2.05, 4.69) is 16.8 Å². The van der Waals surface area contributed by atoms with Gasteiger partial charge < -0.3 is 4.74 Å². The zero-order chi connectivity index (χ0) is 12.1. The van der Waals surface area contributed by atoms with Crippen molar-refractivity contribution in [2.24, 2.45) is 0 Å². The highest BCUT2D eigenvalue weighted by molar-refractivity contribution is 6.30. The number of hydrogen-bond donors (Lipinski definition) is 0. The maximum atomic E-state index is 6.07. The highest BCUT2D eigenvalue weighted by Crippen LogP contribution is 2.17. The first kappa shape index (κ1) is 12.8. The smallest absolute Gasteiger partial charge is 0.133 e. The van der Waals surface area contributed by atoms with Crippen molar-refractivity contribution in [3.63, 3.8) is 0 Å². The molecule has 3 nitrogen and oxygen atoms in total. The Balaban J connectivity index is 1.92. The lowest BCUT2D eigenvalue weighted by molar-refractivity contribution is 0.0724. The van der Waals surface area contributed by atoms with Gasteiger partial charge in [-0.05, 0) is 25.5 Å². The predicted molar refractivity (Wildman–Crippen MR) is 69.2 cm³/mol. The van der Waals surface area contributed by atoms with Crippen molar-refractivity contribution in [2.45, 2.75) is 32.4 Å². The topological polar surface area (TPSA) is 25.4 Å². The second-order valence-electron chi connectivity index (χ2n) is 4.42. The summed E-state index contributed by atoms with van der Waals surface area (Å²) in [5, 5.41) is 0.610. The fourth-order valence-electron chi connectivity index (χ4n) is 2.16. The minimum Gasteiger partial charge on any atom is -0.377 e. The summed E-state index contributed by atoms with van der Waals surface area (Å²) in [5.74, 6) is 0. The van der Waals surface area contributed by atoms with Gasteiger partial charge in [-0.1, -0.05) is 24.6 Å². The van der Waals surface area contributed by atoms with Gasteiger partial charge in [0.25, 0.3) is 0 Å². The van der Waals surface area contributed by atoms with Gasteiger partial charge in [0, 0.05) is 31.5 Å². The summed E-state index contributed by atoms with van der Waals surface area (Å²) < 4.78 is 5.66. The van der Waals surface area contributed by atoms with Crippen molar-refractivity contribution >= 4 is 11.6 Å². The molecule has 94 valence electrons. The standard InChI is InChI=1S/C13H19ClN2O/c1-2-16(10-12-6-4-8-17-12)9-11-5-3-7-15-13(11)14/h3,5,7,12H,2,4,6,8-10H2,1H3. The van der Waals surface area contributed by atoms with Crippen molar-refractivity contribution in [1.82, 2.24) is 9.88 Å². The number of hydrogen-bond acceptors (Lipinski definition) is 3. The molecule has 1 aliphatic rings. The monoisotopic (exact) mass is 254 g/mol. The molecule has 0 radical (unpaired) electrons. The van der Waals surface area contributed by atoms with Crippen molar-refractivity contribution in [1.29, 1.82) is 0 Å². The summed E-state index contributed by atoms with van der Waals surface area (Å²) in [6.07, 6.45) is 4.49. The second-order valence-corrected chi connectivity index (χ2v) is 4.77. The van der Waals surface area contributed by atoms with E-state index in [9.17, 15) is 0 Å². The van der Waals surface area contributed by atoms with E-state index in [-0.39, 0.29) is 0 Å². The largest absolute Gasteiger partial charge is 0.377 e. The van der Waals surface area contributed by atoms with E-state index in [0.717, 1.165) is 31.8 Å². The molecule has 2 heterocycles. The number of ether oxygens (including phenoxy) is 1. The third-order valence-corrected chi connectivity index (χ3v) is 3.50. The number of rotatable bonds is 5. The number of halogens is 1. The molecule has 1 atom stereocenters. The molecule has 1 saturated heterocycles. The van der Waals surface area contributed by atoms with Gasteiger partial charge in [0.15, 0.2) is 0 Å². The van der Waals surface area contributed by atoms with Crippen LogP contribution in [0, 0.1) is 0 Å². The fraction of sp³-hybridized carbons (Fsp3) is 0.615. The molecule has 0 bridgehead atoms. The molecule has 1 aromatic heterocycles. The van der Waals surface area contributed by atoms with E-state index in [0.29, 0.717) is 11.3 Å². The van der Waals surface area contributed by atoms with Crippen LogP contribution in [0.3, 0.4) is 0 Å². The summed E-state index contributed by atoms with van der Waals surface area (Å²) in [6.45, 7) is 5.92. The molecule has 2 rings (SSSR count). The number of likely N-dealkylation sites (N-methyl/N-ethyl adjacent to an activating group) is 1. The zero-order valence-electron chi connectivity index (χ0n) is 10.2. The molecule has 0 spiro atoms. The van der Waals surface area contributed by atoms with Crippen LogP contribution in [0.2, 0.25) is 5.15 Å². The molecular weight excluding hydrogens is 236 g/mol. The van der Waals surface area contributed by atoms with E-state index < -0.39 is 0 Å². The Morgan fingerprint density at radius 3 is 3.12 bits per heavy atom. The van der Waals surface area contributed by atoms with Gasteiger partial charge in [-0.25, -0.2) is 4.98 Å². The van der Waals surface area contributed by atoms with Gasteiger partial charge in [-0.15, -0.1) is 0 Å². The van der Waals surface area contributed by atoms with Crippen molar-refractivity contribution in [3.05, 3.63) is 29.0 Å².